The van der Waals surface area contributed by atoms with Crippen molar-refractivity contribution >= 4 is 28.1 Å². The van der Waals surface area contributed by atoms with Crippen LogP contribution in [0.25, 0.3) is 16.3 Å². The first kappa shape index (κ1) is 16.0. The topological polar surface area (TPSA) is 91.1 Å². The van der Waals surface area contributed by atoms with Crippen LogP contribution in [0.2, 0.25) is 0 Å². The summed E-state index contributed by atoms with van der Waals surface area (Å²) in [6, 6.07) is 3.35. The van der Waals surface area contributed by atoms with Gasteiger partial charge in [-0.2, -0.15) is 9.61 Å². The largest absolute Gasteiger partial charge is 0.469 e. The number of nitrogens with zero attached hydrogens (tertiary/aromatic N) is 6. The summed E-state index contributed by atoms with van der Waals surface area (Å²) in [6.45, 7) is 3.69. The van der Waals surface area contributed by atoms with E-state index >= 15 is 0 Å². The van der Waals surface area contributed by atoms with Gasteiger partial charge in [0.15, 0.2) is 11.0 Å². The lowest BCUT2D eigenvalue weighted by Crippen LogP contribution is -2.14. The summed E-state index contributed by atoms with van der Waals surface area (Å²) >= 11 is 2.92. The second-order valence-electron chi connectivity index (χ2n) is 5.47. The van der Waals surface area contributed by atoms with E-state index in [4.69, 9.17) is 4.42 Å². The zero-order valence-electron chi connectivity index (χ0n) is 13.8. The summed E-state index contributed by atoms with van der Waals surface area (Å²) in [7, 11) is 1.91. The number of aromatic nitrogens is 6. The van der Waals surface area contributed by atoms with Crippen molar-refractivity contribution in [3.63, 3.8) is 0 Å². The van der Waals surface area contributed by atoms with E-state index in [1.165, 1.54) is 33.7 Å². The number of fused-ring (bicyclic) bond motifs is 1. The van der Waals surface area contributed by atoms with Crippen molar-refractivity contribution in [1.29, 1.82) is 0 Å². The molecule has 128 valence electrons. The second kappa shape index (κ2) is 6.12. The summed E-state index contributed by atoms with van der Waals surface area (Å²) in [4.78, 5) is 16.9. The fourth-order valence-electron chi connectivity index (χ4n) is 2.44. The highest BCUT2D eigenvalue weighted by Crippen LogP contribution is 2.28. The normalized spacial score (nSPS) is 11.5. The minimum absolute atomic E-state index is 0.161. The van der Waals surface area contributed by atoms with E-state index in [0.717, 1.165) is 27.3 Å². The van der Waals surface area contributed by atoms with Gasteiger partial charge >= 0.3 is 0 Å². The third-order valence-corrected chi connectivity index (χ3v) is 5.80. The Morgan fingerprint density at radius 3 is 2.92 bits per heavy atom. The molecule has 4 heterocycles. The molecule has 0 aliphatic rings. The van der Waals surface area contributed by atoms with Gasteiger partial charge in [0.1, 0.15) is 10.8 Å². The van der Waals surface area contributed by atoms with Crippen molar-refractivity contribution in [2.24, 2.45) is 7.05 Å². The maximum Gasteiger partial charge on any atom is 0.275 e. The summed E-state index contributed by atoms with van der Waals surface area (Å²) in [5.74, 6) is 2.15. The lowest BCUT2D eigenvalue weighted by Gasteiger charge is -2.01. The Balaban J connectivity index is 1.58. The van der Waals surface area contributed by atoms with Gasteiger partial charge in [-0.15, -0.1) is 10.2 Å². The van der Waals surface area contributed by atoms with Crippen LogP contribution in [0, 0.1) is 13.8 Å². The van der Waals surface area contributed by atoms with Crippen molar-refractivity contribution in [2.45, 2.75) is 24.8 Å². The van der Waals surface area contributed by atoms with Crippen LogP contribution in [0.15, 0.2) is 32.8 Å². The Hall–Kier alpha value is -2.46. The van der Waals surface area contributed by atoms with Crippen LogP contribution < -0.4 is 5.56 Å². The standard InChI is InChI=1S/C15H14N6O2S2/c1-8-6-12(22)21-14(16-8)25-11(19-21)7-24-15-18-17-13(20(15)3)10-4-5-23-9(10)2/h4-6H,7H2,1-3H3. The third kappa shape index (κ3) is 2.87. The van der Waals surface area contributed by atoms with Crippen LogP contribution in [0.5, 0.6) is 0 Å². The van der Waals surface area contributed by atoms with Gasteiger partial charge in [-0.25, -0.2) is 4.98 Å². The minimum Gasteiger partial charge on any atom is -0.469 e. The van der Waals surface area contributed by atoms with E-state index in [2.05, 4.69) is 20.3 Å². The highest BCUT2D eigenvalue weighted by molar-refractivity contribution is 7.98. The van der Waals surface area contributed by atoms with Gasteiger partial charge in [-0.05, 0) is 19.9 Å². The first-order valence-electron chi connectivity index (χ1n) is 7.46. The third-order valence-electron chi connectivity index (χ3n) is 3.67. The zero-order valence-corrected chi connectivity index (χ0v) is 15.4. The van der Waals surface area contributed by atoms with E-state index in [1.807, 2.05) is 24.6 Å². The molecule has 25 heavy (non-hydrogen) atoms. The summed E-state index contributed by atoms with van der Waals surface area (Å²) in [6.07, 6.45) is 1.64. The van der Waals surface area contributed by atoms with Crippen molar-refractivity contribution in [3.05, 3.63) is 45.2 Å². The molecule has 10 heteroatoms. The number of thioether (sulfide) groups is 1. The molecule has 0 N–H and O–H groups in total. The smallest absolute Gasteiger partial charge is 0.275 e. The van der Waals surface area contributed by atoms with Crippen molar-refractivity contribution in [2.75, 3.05) is 0 Å². The molecule has 0 spiro atoms. The van der Waals surface area contributed by atoms with Gasteiger partial charge in [-0.3, -0.25) is 4.79 Å². The Bertz CT molecular complexity index is 1120. The molecule has 0 bridgehead atoms. The average Bonchev–Trinajstić information content (AvgIpc) is 3.24. The molecule has 0 aliphatic carbocycles. The highest BCUT2D eigenvalue weighted by atomic mass is 32.2. The lowest BCUT2D eigenvalue weighted by molar-refractivity contribution is 0.534. The van der Waals surface area contributed by atoms with Crippen molar-refractivity contribution in [1.82, 2.24) is 29.4 Å². The van der Waals surface area contributed by atoms with Crippen molar-refractivity contribution < 1.29 is 4.42 Å². The SMILES string of the molecule is Cc1cc(=O)n2nc(CSc3nnc(-c4ccoc4C)n3C)sc2n1. The average molecular weight is 374 g/mol. The molecular weight excluding hydrogens is 360 g/mol. The molecule has 0 amide bonds. The molecule has 0 atom stereocenters. The quantitative estimate of drug-likeness (QED) is 0.507. The zero-order chi connectivity index (χ0) is 17.6. The molecule has 4 aromatic heterocycles. The summed E-state index contributed by atoms with van der Waals surface area (Å²) in [5.41, 5.74) is 1.46. The Labute approximate surface area is 150 Å². The number of hydrogen-bond donors (Lipinski definition) is 0. The van der Waals surface area contributed by atoms with Gasteiger partial charge in [0.25, 0.3) is 5.56 Å². The Kier molecular flexibility index (Phi) is 3.92. The van der Waals surface area contributed by atoms with E-state index < -0.39 is 0 Å². The molecule has 0 aliphatic heterocycles. The fourth-order valence-corrected chi connectivity index (χ4v) is 4.28. The van der Waals surface area contributed by atoms with Crippen LogP contribution >= 0.6 is 23.1 Å². The molecule has 0 radical (unpaired) electrons. The molecule has 0 fully saturated rings. The molecule has 0 aromatic carbocycles. The van der Waals surface area contributed by atoms with Gasteiger partial charge < -0.3 is 8.98 Å². The number of rotatable bonds is 4. The molecule has 4 rings (SSSR count). The summed E-state index contributed by atoms with van der Waals surface area (Å²) in [5, 5.41) is 14.4. The monoisotopic (exact) mass is 374 g/mol. The molecule has 0 saturated carbocycles. The minimum atomic E-state index is -0.161. The van der Waals surface area contributed by atoms with Gasteiger partial charge in [0.2, 0.25) is 4.96 Å². The van der Waals surface area contributed by atoms with Gasteiger partial charge in [0.05, 0.1) is 17.6 Å². The maximum absolute atomic E-state index is 11.9. The van der Waals surface area contributed by atoms with Gasteiger partial charge in [-0.1, -0.05) is 23.1 Å². The Morgan fingerprint density at radius 2 is 2.16 bits per heavy atom. The van der Waals surface area contributed by atoms with E-state index in [9.17, 15) is 4.79 Å². The molecule has 4 aromatic rings. The predicted molar refractivity (Wildman–Crippen MR) is 94.9 cm³/mol. The second-order valence-corrected chi connectivity index (χ2v) is 7.45. The highest BCUT2D eigenvalue weighted by Gasteiger charge is 2.16. The van der Waals surface area contributed by atoms with E-state index in [1.54, 1.807) is 13.2 Å². The number of hydrogen-bond acceptors (Lipinski definition) is 8. The van der Waals surface area contributed by atoms with E-state index in [-0.39, 0.29) is 5.56 Å². The van der Waals surface area contributed by atoms with Crippen molar-refractivity contribution in [3.8, 4) is 11.4 Å². The van der Waals surface area contributed by atoms with E-state index in [0.29, 0.717) is 16.4 Å². The molecule has 0 unspecified atom stereocenters. The summed E-state index contributed by atoms with van der Waals surface area (Å²) < 4.78 is 8.59. The first-order chi connectivity index (χ1) is 12.0. The first-order valence-corrected chi connectivity index (χ1v) is 9.26. The van der Waals surface area contributed by atoms with Crippen LogP contribution in [0.1, 0.15) is 16.5 Å². The maximum atomic E-state index is 11.9. The number of furan rings is 1. The lowest BCUT2D eigenvalue weighted by atomic mass is 10.2. The van der Waals surface area contributed by atoms with Crippen LogP contribution in [0.3, 0.4) is 0 Å². The van der Waals surface area contributed by atoms with Crippen LogP contribution in [-0.4, -0.2) is 29.4 Å². The predicted octanol–water partition coefficient (Wildman–Crippen LogP) is 2.45. The molecule has 0 saturated heterocycles. The van der Waals surface area contributed by atoms with Crippen LogP contribution in [0.4, 0.5) is 0 Å². The Morgan fingerprint density at radius 1 is 1.32 bits per heavy atom. The number of aryl methyl sites for hydroxylation is 2. The molecule has 8 nitrogen and oxygen atoms in total. The molecular formula is C15H14N6O2S2. The fraction of sp³-hybridized carbons (Fsp3) is 0.267. The van der Waals surface area contributed by atoms with Crippen LogP contribution in [-0.2, 0) is 12.8 Å². The van der Waals surface area contributed by atoms with Gasteiger partial charge in [0, 0.05) is 18.8 Å².